The molecule has 0 atom stereocenters. The minimum Gasteiger partial charge on any atom is -0.388 e. The standard InChI is InChI=1S/C9H8N2O2/c12-4-8(13)6-2-1-3-7-9(6)11-5-10-7/h1-3,5,12H,4H2,(H,10,11). The van der Waals surface area contributed by atoms with Crippen LogP contribution in [0.15, 0.2) is 24.5 Å². The summed E-state index contributed by atoms with van der Waals surface area (Å²) in [5.41, 5.74) is 1.88. The summed E-state index contributed by atoms with van der Waals surface area (Å²) in [6.07, 6.45) is 1.53. The Hall–Kier alpha value is -1.68. The van der Waals surface area contributed by atoms with Gasteiger partial charge in [0.1, 0.15) is 6.61 Å². The number of H-pyrrole nitrogens is 1. The quantitative estimate of drug-likeness (QED) is 0.663. The van der Waals surface area contributed by atoms with Gasteiger partial charge in [-0.15, -0.1) is 0 Å². The van der Waals surface area contributed by atoms with Crippen molar-refractivity contribution >= 4 is 16.8 Å². The molecule has 0 saturated carbocycles. The fraction of sp³-hybridized carbons (Fsp3) is 0.111. The van der Waals surface area contributed by atoms with Crippen molar-refractivity contribution in [2.45, 2.75) is 0 Å². The van der Waals surface area contributed by atoms with Crippen LogP contribution in [0.5, 0.6) is 0 Å². The molecule has 0 spiro atoms. The van der Waals surface area contributed by atoms with Crippen LogP contribution in [0.4, 0.5) is 0 Å². The number of ketones is 1. The number of carbonyl (C=O) groups is 1. The first kappa shape index (κ1) is 7.94. The van der Waals surface area contributed by atoms with Crippen LogP contribution in [0.2, 0.25) is 0 Å². The summed E-state index contributed by atoms with van der Waals surface area (Å²) in [5.74, 6) is -0.308. The molecule has 66 valence electrons. The van der Waals surface area contributed by atoms with Gasteiger partial charge >= 0.3 is 0 Å². The SMILES string of the molecule is O=C(CO)c1cccc2[nH]cnc12. The number of aromatic amines is 1. The lowest BCUT2D eigenvalue weighted by molar-refractivity contribution is 0.0905. The molecule has 4 nitrogen and oxygen atoms in total. The predicted octanol–water partition coefficient (Wildman–Crippen LogP) is 0.738. The number of para-hydroxylation sites is 1. The first-order valence-corrected chi connectivity index (χ1v) is 3.89. The van der Waals surface area contributed by atoms with Crippen LogP contribution < -0.4 is 0 Å². The van der Waals surface area contributed by atoms with Crippen LogP contribution in [0.1, 0.15) is 10.4 Å². The minimum absolute atomic E-state index is 0.308. The van der Waals surface area contributed by atoms with Crippen molar-refractivity contribution < 1.29 is 9.90 Å². The third kappa shape index (κ3) is 1.21. The maximum absolute atomic E-state index is 11.2. The van der Waals surface area contributed by atoms with Gasteiger partial charge in [0.25, 0.3) is 0 Å². The summed E-state index contributed by atoms with van der Waals surface area (Å²) < 4.78 is 0. The van der Waals surface area contributed by atoms with Gasteiger partial charge in [-0.2, -0.15) is 0 Å². The van der Waals surface area contributed by atoms with Crippen LogP contribution in [0, 0.1) is 0 Å². The molecule has 0 bridgehead atoms. The molecule has 0 fully saturated rings. The van der Waals surface area contributed by atoms with Crippen LogP contribution in [-0.4, -0.2) is 27.5 Å². The van der Waals surface area contributed by atoms with Gasteiger partial charge in [-0.3, -0.25) is 4.79 Å². The molecule has 0 amide bonds. The average molecular weight is 176 g/mol. The maximum Gasteiger partial charge on any atom is 0.190 e. The number of hydrogen-bond acceptors (Lipinski definition) is 3. The van der Waals surface area contributed by atoms with Crippen molar-refractivity contribution in [2.24, 2.45) is 0 Å². The fourth-order valence-corrected chi connectivity index (χ4v) is 1.28. The molecule has 13 heavy (non-hydrogen) atoms. The van der Waals surface area contributed by atoms with E-state index < -0.39 is 6.61 Å². The summed E-state index contributed by atoms with van der Waals surface area (Å²) in [7, 11) is 0. The van der Waals surface area contributed by atoms with Crippen molar-refractivity contribution in [1.82, 2.24) is 9.97 Å². The van der Waals surface area contributed by atoms with E-state index >= 15 is 0 Å². The number of rotatable bonds is 2. The molecule has 1 aromatic carbocycles. The molecular weight excluding hydrogens is 168 g/mol. The third-order valence-corrected chi connectivity index (χ3v) is 1.89. The molecule has 1 heterocycles. The average Bonchev–Trinajstić information content (AvgIpc) is 2.63. The Labute approximate surface area is 74.2 Å². The van der Waals surface area contributed by atoms with E-state index in [-0.39, 0.29) is 5.78 Å². The molecule has 0 radical (unpaired) electrons. The summed E-state index contributed by atoms with van der Waals surface area (Å²) >= 11 is 0. The van der Waals surface area contributed by atoms with Gasteiger partial charge in [0.15, 0.2) is 5.78 Å². The highest BCUT2D eigenvalue weighted by Crippen LogP contribution is 2.14. The van der Waals surface area contributed by atoms with Crippen molar-refractivity contribution in [3.63, 3.8) is 0 Å². The van der Waals surface area contributed by atoms with Gasteiger partial charge in [-0.25, -0.2) is 4.98 Å². The van der Waals surface area contributed by atoms with Gasteiger partial charge in [0.05, 0.1) is 17.4 Å². The van der Waals surface area contributed by atoms with Crippen LogP contribution in [0.3, 0.4) is 0 Å². The molecule has 0 unspecified atom stereocenters. The number of fused-ring (bicyclic) bond motifs is 1. The Bertz CT molecular complexity index is 448. The molecule has 2 aromatic rings. The molecule has 0 saturated heterocycles. The number of hydrogen-bond donors (Lipinski definition) is 2. The highest BCUT2D eigenvalue weighted by atomic mass is 16.3. The predicted molar refractivity (Wildman–Crippen MR) is 47.5 cm³/mol. The number of Topliss-reactive ketones (excluding diaryl/α,β-unsaturated/α-hetero) is 1. The van der Waals surface area contributed by atoms with Crippen LogP contribution >= 0.6 is 0 Å². The number of carbonyl (C=O) groups excluding carboxylic acids is 1. The van der Waals surface area contributed by atoms with Crippen molar-refractivity contribution in [1.29, 1.82) is 0 Å². The summed E-state index contributed by atoms with van der Waals surface area (Å²) in [4.78, 5) is 18.1. The molecular formula is C9H8N2O2. The van der Waals surface area contributed by atoms with Gasteiger partial charge < -0.3 is 10.1 Å². The second-order valence-corrected chi connectivity index (χ2v) is 2.69. The van der Waals surface area contributed by atoms with Crippen molar-refractivity contribution in [2.75, 3.05) is 6.61 Å². The minimum atomic E-state index is -0.480. The monoisotopic (exact) mass is 176 g/mol. The molecule has 4 heteroatoms. The number of benzene rings is 1. The molecule has 1 aromatic heterocycles. The number of nitrogens with zero attached hydrogens (tertiary/aromatic N) is 1. The summed E-state index contributed by atoms with van der Waals surface area (Å²) in [6, 6.07) is 5.24. The van der Waals surface area contributed by atoms with E-state index in [4.69, 9.17) is 5.11 Å². The molecule has 0 aliphatic rings. The number of aliphatic hydroxyl groups is 1. The Balaban J connectivity index is 2.67. The highest BCUT2D eigenvalue weighted by Gasteiger charge is 2.09. The first-order valence-electron chi connectivity index (χ1n) is 3.89. The normalized spacial score (nSPS) is 10.5. The first-order chi connectivity index (χ1) is 6.33. The zero-order valence-corrected chi connectivity index (χ0v) is 6.82. The van der Waals surface area contributed by atoms with E-state index in [0.29, 0.717) is 11.1 Å². The molecule has 2 rings (SSSR count). The summed E-state index contributed by atoms with van der Waals surface area (Å²) in [5, 5.41) is 8.70. The largest absolute Gasteiger partial charge is 0.388 e. The second kappa shape index (κ2) is 2.99. The number of aliphatic hydroxyl groups excluding tert-OH is 1. The number of nitrogens with one attached hydrogen (secondary N) is 1. The smallest absolute Gasteiger partial charge is 0.190 e. The van der Waals surface area contributed by atoms with Crippen molar-refractivity contribution in [3.8, 4) is 0 Å². The van der Waals surface area contributed by atoms with Crippen LogP contribution in [0.25, 0.3) is 11.0 Å². The summed E-state index contributed by atoms with van der Waals surface area (Å²) in [6.45, 7) is -0.480. The molecule has 2 N–H and O–H groups in total. The third-order valence-electron chi connectivity index (χ3n) is 1.89. The zero-order chi connectivity index (χ0) is 9.26. The maximum atomic E-state index is 11.2. The lowest BCUT2D eigenvalue weighted by atomic mass is 10.1. The van der Waals surface area contributed by atoms with Gasteiger partial charge in [0, 0.05) is 5.56 Å². The van der Waals surface area contributed by atoms with E-state index in [9.17, 15) is 4.79 Å². The topological polar surface area (TPSA) is 66.0 Å². The Kier molecular flexibility index (Phi) is 1.83. The Morgan fingerprint density at radius 1 is 1.54 bits per heavy atom. The van der Waals surface area contributed by atoms with Gasteiger partial charge in [-0.05, 0) is 12.1 Å². The number of imidazole rings is 1. The molecule has 0 aliphatic heterocycles. The number of aromatic nitrogens is 2. The lowest BCUT2D eigenvalue weighted by Gasteiger charge is -1.97. The van der Waals surface area contributed by atoms with E-state index in [0.717, 1.165) is 5.52 Å². The van der Waals surface area contributed by atoms with Crippen LogP contribution in [-0.2, 0) is 0 Å². The van der Waals surface area contributed by atoms with Crippen molar-refractivity contribution in [3.05, 3.63) is 30.1 Å². The fourth-order valence-electron chi connectivity index (χ4n) is 1.28. The Morgan fingerprint density at radius 2 is 2.38 bits per heavy atom. The zero-order valence-electron chi connectivity index (χ0n) is 6.82. The highest BCUT2D eigenvalue weighted by molar-refractivity contribution is 6.06. The van der Waals surface area contributed by atoms with Gasteiger partial charge in [-0.1, -0.05) is 6.07 Å². The van der Waals surface area contributed by atoms with E-state index in [1.54, 1.807) is 12.1 Å². The molecule has 0 aliphatic carbocycles. The lowest BCUT2D eigenvalue weighted by Crippen LogP contribution is -2.04. The second-order valence-electron chi connectivity index (χ2n) is 2.69. The Morgan fingerprint density at radius 3 is 3.15 bits per heavy atom. The van der Waals surface area contributed by atoms with Gasteiger partial charge in [0.2, 0.25) is 0 Å². The van der Waals surface area contributed by atoms with E-state index in [1.165, 1.54) is 6.33 Å². The van der Waals surface area contributed by atoms with E-state index in [2.05, 4.69) is 9.97 Å². The van der Waals surface area contributed by atoms with E-state index in [1.807, 2.05) is 6.07 Å².